The summed E-state index contributed by atoms with van der Waals surface area (Å²) < 4.78 is 0. The third-order valence-corrected chi connectivity index (χ3v) is 1.43. The smallest absolute Gasteiger partial charge is 0.240 e. The number of aromatic hydroxyl groups is 1. The van der Waals surface area contributed by atoms with Gasteiger partial charge in [-0.05, 0) is 0 Å². The van der Waals surface area contributed by atoms with Gasteiger partial charge in [0.25, 0.3) is 0 Å². The van der Waals surface area contributed by atoms with Crippen LogP contribution in [0.15, 0.2) is 0 Å². The van der Waals surface area contributed by atoms with Crippen molar-refractivity contribution >= 4 is 24.1 Å². The number of hydrogen-bond donors (Lipinski definition) is 4. The minimum absolute atomic E-state index is 0.00975. The summed E-state index contributed by atoms with van der Waals surface area (Å²) in [5.41, 5.74) is 10.6. The molecule has 1 rings (SSSR count). The molecule has 0 aliphatic carbocycles. The summed E-state index contributed by atoms with van der Waals surface area (Å²) in [5.74, 6) is 0.471. The molecule has 1 aromatic rings. The standard InChI is InChI=1S/C5H8N4OS/c6-3-4(7)8-2(1-11)9-5(3)10/h11H,1,6H2,(H3,7,8,9,10). The predicted octanol–water partition coefficient (Wildman–Crippen LogP) is -0.224. The number of aromatic nitrogens is 2. The molecule has 6 heteroatoms. The molecule has 1 heterocycles. The summed E-state index contributed by atoms with van der Waals surface area (Å²) in [7, 11) is 0. The van der Waals surface area contributed by atoms with Crippen LogP contribution in [0.3, 0.4) is 0 Å². The van der Waals surface area contributed by atoms with Crippen LogP contribution < -0.4 is 11.5 Å². The highest BCUT2D eigenvalue weighted by Gasteiger charge is 2.05. The highest BCUT2D eigenvalue weighted by molar-refractivity contribution is 7.79. The quantitative estimate of drug-likeness (QED) is 0.439. The van der Waals surface area contributed by atoms with Gasteiger partial charge in [0.15, 0.2) is 5.82 Å². The van der Waals surface area contributed by atoms with Gasteiger partial charge in [0.1, 0.15) is 11.5 Å². The number of nitrogen functional groups attached to an aromatic ring is 2. The van der Waals surface area contributed by atoms with Crippen molar-refractivity contribution in [3.63, 3.8) is 0 Å². The predicted molar refractivity (Wildman–Crippen MR) is 45.2 cm³/mol. The molecule has 0 saturated carbocycles. The maximum atomic E-state index is 9.02. The second-order valence-electron chi connectivity index (χ2n) is 1.92. The van der Waals surface area contributed by atoms with E-state index in [1.165, 1.54) is 0 Å². The van der Waals surface area contributed by atoms with Crippen LogP contribution in [0.25, 0.3) is 0 Å². The van der Waals surface area contributed by atoms with Gasteiger partial charge in [0, 0.05) is 0 Å². The van der Waals surface area contributed by atoms with E-state index in [2.05, 4.69) is 22.6 Å². The van der Waals surface area contributed by atoms with Crippen molar-refractivity contribution in [1.82, 2.24) is 9.97 Å². The van der Waals surface area contributed by atoms with E-state index < -0.39 is 0 Å². The summed E-state index contributed by atoms with van der Waals surface area (Å²) in [6.45, 7) is 0. The van der Waals surface area contributed by atoms with Crippen molar-refractivity contribution in [3.8, 4) is 5.88 Å². The van der Waals surface area contributed by atoms with Gasteiger partial charge in [-0.1, -0.05) is 0 Å². The normalized spacial score (nSPS) is 9.91. The Morgan fingerprint density at radius 3 is 2.45 bits per heavy atom. The van der Waals surface area contributed by atoms with E-state index in [9.17, 15) is 0 Å². The zero-order valence-electron chi connectivity index (χ0n) is 5.65. The van der Waals surface area contributed by atoms with E-state index in [0.29, 0.717) is 11.6 Å². The van der Waals surface area contributed by atoms with Gasteiger partial charge in [-0.25, -0.2) is 4.98 Å². The summed E-state index contributed by atoms with van der Waals surface area (Å²) >= 11 is 3.91. The number of nitrogens with two attached hydrogens (primary N) is 2. The lowest BCUT2D eigenvalue weighted by Crippen LogP contribution is -2.03. The van der Waals surface area contributed by atoms with Crippen molar-refractivity contribution in [2.45, 2.75) is 5.75 Å². The lowest BCUT2D eigenvalue weighted by molar-refractivity contribution is 0.453. The van der Waals surface area contributed by atoms with Crippen molar-refractivity contribution in [3.05, 3.63) is 5.82 Å². The van der Waals surface area contributed by atoms with Crippen LogP contribution in [0.4, 0.5) is 11.5 Å². The Balaban J connectivity index is 3.21. The first-order chi connectivity index (χ1) is 5.15. The topological polar surface area (TPSA) is 98.0 Å². The largest absolute Gasteiger partial charge is 0.492 e. The average Bonchev–Trinajstić information content (AvgIpc) is 1.99. The second-order valence-corrected chi connectivity index (χ2v) is 2.24. The van der Waals surface area contributed by atoms with E-state index in [1.807, 2.05) is 0 Å². The fourth-order valence-corrected chi connectivity index (χ4v) is 0.733. The molecule has 0 aliphatic heterocycles. The maximum absolute atomic E-state index is 9.02. The Morgan fingerprint density at radius 2 is 2.00 bits per heavy atom. The first-order valence-electron chi connectivity index (χ1n) is 2.87. The van der Waals surface area contributed by atoms with E-state index in [0.717, 1.165) is 0 Å². The molecule has 0 radical (unpaired) electrons. The summed E-state index contributed by atoms with van der Waals surface area (Å²) in [6.07, 6.45) is 0. The molecular weight excluding hydrogens is 164 g/mol. The monoisotopic (exact) mass is 172 g/mol. The van der Waals surface area contributed by atoms with Gasteiger partial charge in [0.05, 0.1) is 5.75 Å². The number of nitrogens with zero attached hydrogens (tertiary/aromatic N) is 2. The lowest BCUT2D eigenvalue weighted by atomic mass is 10.4. The van der Waals surface area contributed by atoms with Gasteiger partial charge < -0.3 is 16.6 Å². The van der Waals surface area contributed by atoms with Crippen molar-refractivity contribution < 1.29 is 5.11 Å². The van der Waals surface area contributed by atoms with Crippen molar-refractivity contribution in [2.24, 2.45) is 0 Å². The fourth-order valence-electron chi connectivity index (χ4n) is 0.592. The molecule has 5 N–H and O–H groups in total. The third-order valence-electron chi connectivity index (χ3n) is 1.14. The van der Waals surface area contributed by atoms with Crippen LogP contribution >= 0.6 is 12.6 Å². The molecule has 0 bridgehead atoms. The third kappa shape index (κ3) is 1.45. The Kier molecular flexibility index (Phi) is 2.04. The lowest BCUT2D eigenvalue weighted by Gasteiger charge is -2.02. The van der Waals surface area contributed by atoms with Gasteiger partial charge in [-0.15, -0.1) is 0 Å². The highest BCUT2D eigenvalue weighted by atomic mass is 32.1. The Bertz CT molecular complexity index is 254. The molecular formula is C5H8N4OS. The maximum Gasteiger partial charge on any atom is 0.240 e. The molecule has 60 valence electrons. The minimum Gasteiger partial charge on any atom is -0.492 e. The minimum atomic E-state index is -0.290. The van der Waals surface area contributed by atoms with E-state index in [1.54, 1.807) is 0 Å². The van der Waals surface area contributed by atoms with Crippen molar-refractivity contribution in [2.75, 3.05) is 11.5 Å². The molecule has 0 saturated heterocycles. The molecule has 0 aliphatic rings. The van der Waals surface area contributed by atoms with Crippen LogP contribution in [0.2, 0.25) is 0 Å². The van der Waals surface area contributed by atoms with Gasteiger partial charge in [0.2, 0.25) is 5.88 Å². The Morgan fingerprint density at radius 1 is 1.36 bits per heavy atom. The first kappa shape index (κ1) is 7.93. The van der Waals surface area contributed by atoms with Crippen LogP contribution in [0.1, 0.15) is 5.82 Å². The SMILES string of the molecule is Nc1nc(CS)nc(O)c1N. The molecule has 0 spiro atoms. The van der Waals surface area contributed by atoms with E-state index in [-0.39, 0.29) is 17.4 Å². The number of rotatable bonds is 1. The average molecular weight is 172 g/mol. The fraction of sp³-hybridized carbons (Fsp3) is 0.200. The number of anilines is 2. The Labute approximate surface area is 68.9 Å². The summed E-state index contributed by atoms with van der Waals surface area (Å²) in [6, 6.07) is 0. The van der Waals surface area contributed by atoms with Gasteiger partial charge in [-0.2, -0.15) is 17.6 Å². The molecule has 0 atom stereocenters. The zero-order chi connectivity index (χ0) is 8.43. The van der Waals surface area contributed by atoms with E-state index >= 15 is 0 Å². The summed E-state index contributed by atoms with van der Waals surface area (Å²) in [4.78, 5) is 7.37. The number of thiol groups is 1. The molecule has 5 nitrogen and oxygen atoms in total. The van der Waals surface area contributed by atoms with Crippen LogP contribution in [0.5, 0.6) is 5.88 Å². The first-order valence-corrected chi connectivity index (χ1v) is 3.50. The zero-order valence-corrected chi connectivity index (χ0v) is 6.55. The highest BCUT2D eigenvalue weighted by Crippen LogP contribution is 2.21. The molecule has 0 aromatic carbocycles. The van der Waals surface area contributed by atoms with Gasteiger partial charge >= 0.3 is 0 Å². The van der Waals surface area contributed by atoms with Crippen molar-refractivity contribution in [1.29, 1.82) is 0 Å². The summed E-state index contributed by atoms with van der Waals surface area (Å²) in [5, 5.41) is 9.02. The van der Waals surface area contributed by atoms with Crippen LogP contribution in [-0.4, -0.2) is 15.1 Å². The molecule has 0 fully saturated rings. The molecule has 0 unspecified atom stereocenters. The van der Waals surface area contributed by atoms with Gasteiger partial charge in [-0.3, -0.25) is 0 Å². The Hall–Kier alpha value is -1.17. The molecule has 11 heavy (non-hydrogen) atoms. The van der Waals surface area contributed by atoms with Crippen LogP contribution in [0, 0.1) is 0 Å². The van der Waals surface area contributed by atoms with E-state index in [4.69, 9.17) is 16.6 Å². The van der Waals surface area contributed by atoms with Crippen LogP contribution in [-0.2, 0) is 5.75 Å². The number of hydrogen-bond acceptors (Lipinski definition) is 6. The second kappa shape index (κ2) is 2.83. The molecule has 1 aromatic heterocycles. The molecule has 0 amide bonds.